The molecule has 0 aliphatic rings. The van der Waals surface area contributed by atoms with Crippen LogP contribution in [-0.4, -0.2) is 6.18 Å². The molecule has 9 heteroatoms. The first-order valence-electron chi connectivity index (χ1n) is 5.20. The summed E-state index contributed by atoms with van der Waals surface area (Å²) in [6, 6.07) is 0.914. The van der Waals surface area contributed by atoms with Gasteiger partial charge in [0.15, 0.2) is 0 Å². The quantitative estimate of drug-likeness (QED) is 0.807. The summed E-state index contributed by atoms with van der Waals surface area (Å²) in [4.78, 5) is 0. The number of hydrogen-bond acceptors (Lipinski definition) is 1. The van der Waals surface area contributed by atoms with Gasteiger partial charge in [0.2, 0.25) is 0 Å². The molecule has 1 atom stereocenters. The van der Waals surface area contributed by atoms with Gasteiger partial charge in [0.1, 0.15) is 5.82 Å². The monoisotopic (exact) mass is 325 g/mol. The second-order valence-electron chi connectivity index (χ2n) is 3.96. The molecule has 0 bridgehead atoms. The molecular weight excluding hydrogens is 315 g/mol. The smallest absolute Gasteiger partial charge is 0.324 e. The molecule has 0 aromatic heterocycles. The SMILES string of the molecule is Cl.N[C@@H](CCC(F)(F)F)c1cccc(F)c1C(F)(F)F. The lowest BCUT2D eigenvalue weighted by molar-refractivity contribution is -0.141. The van der Waals surface area contributed by atoms with E-state index < -0.39 is 48.2 Å². The molecular formula is C11H11ClF7N. The number of rotatable bonds is 3. The molecule has 1 aromatic rings. The molecule has 0 saturated carbocycles. The molecule has 2 N–H and O–H groups in total. The summed E-state index contributed by atoms with van der Waals surface area (Å²) in [5.74, 6) is -1.55. The number of alkyl halides is 6. The standard InChI is InChI=1S/C11H10F7N.ClH/c12-7-3-1-2-6(9(7)11(16,17)18)8(19)4-5-10(13,14)15;/h1-3,8H,4-5,19H2;1H/t8-;/m0./s1. The van der Waals surface area contributed by atoms with Crippen LogP contribution in [0, 0.1) is 5.82 Å². The highest BCUT2D eigenvalue weighted by Gasteiger charge is 2.38. The maximum Gasteiger partial charge on any atom is 0.419 e. The van der Waals surface area contributed by atoms with Crippen molar-refractivity contribution in [3.63, 3.8) is 0 Å². The molecule has 0 saturated heterocycles. The first-order chi connectivity index (χ1) is 8.52. The van der Waals surface area contributed by atoms with Gasteiger partial charge >= 0.3 is 12.4 Å². The fourth-order valence-corrected chi connectivity index (χ4v) is 1.62. The number of benzene rings is 1. The summed E-state index contributed by atoms with van der Waals surface area (Å²) in [5.41, 5.74) is 3.03. The molecule has 0 spiro atoms. The zero-order valence-corrected chi connectivity index (χ0v) is 10.7. The number of nitrogens with two attached hydrogens (primary N) is 1. The summed E-state index contributed by atoms with van der Waals surface area (Å²) < 4.78 is 87.0. The van der Waals surface area contributed by atoms with E-state index in [9.17, 15) is 30.7 Å². The van der Waals surface area contributed by atoms with Crippen LogP contribution in [0.2, 0.25) is 0 Å². The Morgan fingerprint density at radius 2 is 1.60 bits per heavy atom. The average Bonchev–Trinajstić information content (AvgIpc) is 2.22. The Morgan fingerprint density at radius 3 is 2.05 bits per heavy atom. The van der Waals surface area contributed by atoms with Crippen LogP contribution in [0.4, 0.5) is 30.7 Å². The number of halogens is 8. The lowest BCUT2D eigenvalue weighted by Crippen LogP contribution is -2.21. The van der Waals surface area contributed by atoms with Crippen LogP contribution in [0.25, 0.3) is 0 Å². The van der Waals surface area contributed by atoms with E-state index in [1.165, 1.54) is 0 Å². The maximum atomic E-state index is 13.2. The molecule has 20 heavy (non-hydrogen) atoms. The van der Waals surface area contributed by atoms with E-state index in [1.807, 2.05) is 0 Å². The van der Waals surface area contributed by atoms with Crippen LogP contribution in [0.3, 0.4) is 0 Å². The van der Waals surface area contributed by atoms with E-state index in [-0.39, 0.29) is 12.4 Å². The van der Waals surface area contributed by atoms with Gasteiger partial charge in [-0.15, -0.1) is 12.4 Å². The molecule has 1 rings (SSSR count). The fraction of sp³-hybridized carbons (Fsp3) is 0.455. The third-order valence-corrected chi connectivity index (χ3v) is 2.47. The molecule has 0 unspecified atom stereocenters. The van der Waals surface area contributed by atoms with Crippen molar-refractivity contribution >= 4 is 12.4 Å². The topological polar surface area (TPSA) is 26.0 Å². The highest BCUT2D eigenvalue weighted by molar-refractivity contribution is 5.85. The van der Waals surface area contributed by atoms with Gasteiger partial charge in [-0.3, -0.25) is 0 Å². The average molecular weight is 326 g/mol. The van der Waals surface area contributed by atoms with Gasteiger partial charge in [0.05, 0.1) is 5.56 Å². The summed E-state index contributed by atoms with van der Waals surface area (Å²) in [6.45, 7) is 0. The van der Waals surface area contributed by atoms with Gasteiger partial charge in [-0.2, -0.15) is 26.3 Å². The minimum absolute atomic E-state index is 0. The van der Waals surface area contributed by atoms with Crippen LogP contribution in [0.15, 0.2) is 18.2 Å². The third kappa shape index (κ3) is 5.16. The molecule has 1 aromatic carbocycles. The largest absolute Gasteiger partial charge is 0.419 e. The summed E-state index contributed by atoms with van der Waals surface area (Å²) in [7, 11) is 0. The van der Waals surface area contributed by atoms with Crippen LogP contribution < -0.4 is 5.73 Å². The minimum atomic E-state index is -5.00. The molecule has 0 aliphatic heterocycles. The van der Waals surface area contributed by atoms with Crippen molar-refractivity contribution in [1.29, 1.82) is 0 Å². The summed E-state index contributed by atoms with van der Waals surface area (Å²) in [6.07, 6.45) is -11.6. The second kappa shape index (κ2) is 6.62. The van der Waals surface area contributed by atoms with E-state index in [0.717, 1.165) is 12.1 Å². The Morgan fingerprint density at radius 1 is 1.05 bits per heavy atom. The zero-order chi connectivity index (χ0) is 14.8. The first kappa shape index (κ1) is 19.0. The van der Waals surface area contributed by atoms with Gasteiger partial charge in [0, 0.05) is 12.5 Å². The van der Waals surface area contributed by atoms with Crippen LogP contribution in [0.1, 0.15) is 30.0 Å². The second-order valence-corrected chi connectivity index (χ2v) is 3.96. The lowest BCUT2D eigenvalue weighted by Gasteiger charge is -2.19. The fourth-order valence-electron chi connectivity index (χ4n) is 1.62. The van der Waals surface area contributed by atoms with Gasteiger partial charge in [-0.05, 0) is 18.1 Å². The molecule has 0 radical (unpaired) electrons. The van der Waals surface area contributed by atoms with Crippen molar-refractivity contribution in [3.8, 4) is 0 Å². The first-order valence-corrected chi connectivity index (χ1v) is 5.20. The zero-order valence-electron chi connectivity index (χ0n) is 9.85. The van der Waals surface area contributed by atoms with Gasteiger partial charge in [-0.25, -0.2) is 4.39 Å². The Labute approximate surface area is 116 Å². The van der Waals surface area contributed by atoms with E-state index >= 15 is 0 Å². The predicted molar refractivity (Wildman–Crippen MR) is 60.9 cm³/mol. The predicted octanol–water partition coefficient (Wildman–Crippen LogP) is 4.61. The van der Waals surface area contributed by atoms with Gasteiger partial charge in [-0.1, -0.05) is 12.1 Å². The molecule has 0 amide bonds. The number of hydrogen-bond donors (Lipinski definition) is 1. The van der Waals surface area contributed by atoms with Crippen LogP contribution in [0.5, 0.6) is 0 Å². The van der Waals surface area contributed by atoms with Crippen molar-refractivity contribution < 1.29 is 30.7 Å². The van der Waals surface area contributed by atoms with E-state index in [4.69, 9.17) is 5.73 Å². The Kier molecular flexibility index (Phi) is 6.28. The van der Waals surface area contributed by atoms with Crippen molar-refractivity contribution in [2.75, 3.05) is 0 Å². The Balaban J connectivity index is 0.00000361. The van der Waals surface area contributed by atoms with Gasteiger partial charge < -0.3 is 5.73 Å². The lowest BCUT2D eigenvalue weighted by atomic mass is 9.96. The molecule has 116 valence electrons. The van der Waals surface area contributed by atoms with Crippen LogP contribution >= 0.6 is 12.4 Å². The summed E-state index contributed by atoms with van der Waals surface area (Å²) >= 11 is 0. The highest BCUT2D eigenvalue weighted by atomic mass is 35.5. The van der Waals surface area contributed by atoms with E-state index in [0.29, 0.717) is 6.07 Å². The summed E-state index contributed by atoms with van der Waals surface area (Å²) in [5, 5.41) is 0. The Bertz CT molecular complexity index is 441. The minimum Gasteiger partial charge on any atom is -0.324 e. The van der Waals surface area contributed by atoms with Crippen LogP contribution in [-0.2, 0) is 6.18 Å². The molecule has 0 heterocycles. The molecule has 1 nitrogen and oxygen atoms in total. The van der Waals surface area contributed by atoms with Crippen molar-refractivity contribution in [2.45, 2.75) is 31.2 Å². The normalized spacial score (nSPS) is 13.8. The van der Waals surface area contributed by atoms with Crippen molar-refractivity contribution in [2.24, 2.45) is 5.73 Å². The Hall–Kier alpha value is -1.02. The molecule has 0 fully saturated rings. The third-order valence-electron chi connectivity index (χ3n) is 2.47. The highest BCUT2D eigenvalue weighted by Crippen LogP contribution is 2.37. The van der Waals surface area contributed by atoms with Crippen molar-refractivity contribution in [1.82, 2.24) is 0 Å². The van der Waals surface area contributed by atoms with Crippen molar-refractivity contribution in [3.05, 3.63) is 35.1 Å². The van der Waals surface area contributed by atoms with Gasteiger partial charge in [0.25, 0.3) is 0 Å². The van der Waals surface area contributed by atoms with E-state index in [1.54, 1.807) is 0 Å². The maximum absolute atomic E-state index is 13.2. The molecule has 0 aliphatic carbocycles. The van der Waals surface area contributed by atoms with E-state index in [2.05, 4.69) is 0 Å².